The van der Waals surface area contributed by atoms with Crippen LogP contribution in [0.1, 0.15) is 27.3 Å². The molecule has 0 spiro atoms. The number of amides is 1. The maximum Gasteiger partial charge on any atom is 0.433 e. The molecule has 162 valence electrons. The lowest BCUT2D eigenvalue weighted by molar-refractivity contribution is -0.141. The number of carbonyl (C=O) groups excluding carboxylic acids is 1. The third-order valence-corrected chi connectivity index (χ3v) is 4.60. The SMILES string of the molecule is Cc1nn(-c2ccccc2)c2nc(C(F)(F)F)cc(C(=O)N/N=C/c3ccc(F)cc3)c12. The molecule has 0 aliphatic rings. The van der Waals surface area contributed by atoms with Gasteiger partial charge in [0.1, 0.15) is 11.5 Å². The van der Waals surface area contributed by atoms with Crippen LogP contribution in [0.5, 0.6) is 0 Å². The summed E-state index contributed by atoms with van der Waals surface area (Å²) in [7, 11) is 0. The Kier molecular flexibility index (Phi) is 5.43. The quantitative estimate of drug-likeness (QED) is 0.285. The molecule has 1 N–H and O–H groups in total. The number of alkyl halides is 3. The van der Waals surface area contributed by atoms with Crippen molar-refractivity contribution in [1.29, 1.82) is 0 Å². The van der Waals surface area contributed by atoms with E-state index in [-0.39, 0.29) is 16.6 Å². The van der Waals surface area contributed by atoms with Crippen LogP contribution in [0.2, 0.25) is 0 Å². The number of benzene rings is 2. The van der Waals surface area contributed by atoms with Crippen LogP contribution in [0, 0.1) is 12.7 Å². The molecule has 4 aromatic rings. The molecule has 0 aliphatic carbocycles. The zero-order chi connectivity index (χ0) is 22.9. The van der Waals surface area contributed by atoms with Crippen LogP contribution in [0.25, 0.3) is 16.7 Å². The molecule has 10 heteroatoms. The lowest BCUT2D eigenvalue weighted by atomic mass is 10.1. The number of pyridine rings is 1. The molecule has 0 aliphatic heterocycles. The standard InChI is InChI=1S/C22H15F4N5O/c1-13-19-17(21(32)29-27-12-14-7-9-15(23)10-8-14)11-18(22(24,25)26)28-20(19)31(30-13)16-5-3-2-4-6-16/h2-12H,1H3,(H,29,32)/b27-12+. The van der Waals surface area contributed by atoms with E-state index in [9.17, 15) is 22.4 Å². The number of hydrazone groups is 1. The van der Waals surface area contributed by atoms with Gasteiger partial charge in [-0.05, 0) is 42.8 Å². The molecule has 32 heavy (non-hydrogen) atoms. The van der Waals surface area contributed by atoms with Crippen molar-refractivity contribution in [2.45, 2.75) is 13.1 Å². The number of nitrogens with zero attached hydrogens (tertiary/aromatic N) is 4. The van der Waals surface area contributed by atoms with Crippen molar-refractivity contribution in [3.8, 4) is 5.69 Å². The van der Waals surface area contributed by atoms with Gasteiger partial charge >= 0.3 is 6.18 Å². The minimum Gasteiger partial charge on any atom is -0.267 e. The molecular formula is C22H15F4N5O. The first kappa shape index (κ1) is 21.2. The Bertz CT molecular complexity index is 1310. The smallest absolute Gasteiger partial charge is 0.267 e. The molecule has 0 unspecified atom stereocenters. The summed E-state index contributed by atoms with van der Waals surface area (Å²) in [5.41, 5.74) is 1.95. The third-order valence-electron chi connectivity index (χ3n) is 4.60. The van der Waals surface area contributed by atoms with Crippen molar-refractivity contribution in [1.82, 2.24) is 20.2 Å². The average molecular weight is 441 g/mol. The molecule has 0 saturated heterocycles. The van der Waals surface area contributed by atoms with Crippen LogP contribution in [-0.2, 0) is 6.18 Å². The molecule has 1 amide bonds. The zero-order valence-corrected chi connectivity index (χ0v) is 16.6. The van der Waals surface area contributed by atoms with Gasteiger partial charge in [0.2, 0.25) is 0 Å². The topological polar surface area (TPSA) is 72.2 Å². The summed E-state index contributed by atoms with van der Waals surface area (Å²) in [5.74, 6) is -1.30. The van der Waals surface area contributed by atoms with Crippen LogP contribution in [0.4, 0.5) is 17.6 Å². The summed E-state index contributed by atoms with van der Waals surface area (Å²) in [5, 5.41) is 8.24. The maximum atomic E-state index is 13.5. The van der Waals surface area contributed by atoms with Gasteiger partial charge in [0.25, 0.3) is 5.91 Å². The number of fused-ring (bicyclic) bond motifs is 1. The first-order chi connectivity index (χ1) is 15.2. The summed E-state index contributed by atoms with van der Waals surface area (Å²) in [4.78, 5) is 16.5. The van der Waals surface area contributed by atoms with E-state index in [4.69, 9.17) is 0 Å². The second-order valence-corrected chi connectivity index (χ2v) is 6.83. The van der Waals surface area contributed by atoms with Crippen molar-refractivity contribution < 1.29 is 22.4 Å². The Balaban J connectivity index is 1.78. The molecule has 2 heterocycles. The van der Waals surface area contributed by atoms with Crippen LogP contribution in [-0.4, -0.2) is 26.9 Å². The van der Waals surface area contributed by atoms with E-state index in [1.807, 2.05) is 0 Å². The fourth-order valence-electron chi connectivity index (χ4n) is 3.14. The number of nitrogens with one attached hydrogen (secondary N) is 1. The number of hydrogen-bond donors (Lipinski definition) is 1. The van der Waals surface area contributed by atoms with Gasteiger partial charge in [-0.3, -0.25) is 4.79 Å². The van der Waals surface area contributed by atoms with Crippen LogP contribution in [0.15, 0.2) is 65.8 Å². The van der Waals surface area contributed by atoms with Gasteiger partial charge in [-0.1, -0.05) is 30.3 Å². The van der Waals surface area contributed by atoms with Crippen LogP contribution < -0.4 is 5.43 Å². The fourth-order valence-corrected chi connectivity index (χ4v) is 3.14. The Morgan fingerprint density at radius 2 is 1.78 bits per heavy atom. The highest BCUT2D eigenvalue weighted by molar-refractivity contribution is 6.07. The van der Waals surface area contributed by atoms with E-state index in [0.29, 0.717) is 23.0 Å². The highest BCUT2D eigenvalue weighted by Crippen LogP contribution is 2.32. The maximum absolute atomic E-state index is 13.5. The van der Waals surface area contributed by atoms with E-state index in [2.05, 4.69) is 20.6 Å². The van der Waals surface area contributed by atoms with Gasteiger partial charge in [-0.25, -0.2) is 19.5 Å². The number of rotatable bonds is 4. The second-order valence-electron chi connectivity index (χ2n) is 6.83. The van der Waals surface area contributed by atoms with E-state index in [0.717, 1.165) is 0 Å². The molecule has 4 rings (SSSR count). The highest BCUT2D eigenvalue weighted by atomic mass is 19.4. The predicted octanol–water partition coefficient (Wildman–Crippen LogP) is 4.65. The number of carbonyl (C=O) groups is 1. The van der Waals surface area contributed by atoms with E-state index < -0.39 is 23.6 Å². The average Bonchev–Trinajstić information content (AvgIpc) is 3.11. The van der Waals surface area contributed by atoms with E-state index >= 15 is 0 Å². The molecule has 6 nitrogen and oxygen atoms in total. The first-order valence-electron chi connectivity index (χ1n) is 9.36. The van der Waals surface area contributed by atoms with Gasteiger partial charge in [-0.15, -0.1) is 0 Å². The number of halogens is 4. The van der Waals surface area contributed by atoms with Crippen molar-refractivity contribution in [2.24, 2.45) is 5.10 Å². The minimum atomic E-state index is -4.78. The lowest BCUT2D eigenvalue weighted by Gasteiger charge is -2.10. The lowest BCUT2D eigenvalue weighted by Crippen LogP contribution is -2.20. The molecule has 0 bridgehead atoms. The summed E-state index contributed by atoms with van der Waals surface area (Å²) < 4.78 is 54.8. The predicted molar refractivity (Wildman–Crippen MR) is 110 cm³/mol. The molecule has 0 fully saturated rings. The van der Waals surface area contributed by atoms with Gasteiger partial charge < -0.3 is 0 Å². The summed E-state index contributed by atoms with van der Waals surface area (Å²) in [6.07, 6.45) is -3.53. The van der Waals surface area contributed by atoms with E-state index in [1.54, 1.807) is 37.3 Å². The van der Waals surface area contributed by atoms with Gasteiger partial charge in [-0.2, -0.15) is 23.4 Å². The van der Waals surface area contributed by atoms with Crippen LogP contribution >= 0.6 is 0 Å². The van der Waals surface area contributed by atoms with Crippen molar-refractivity contribution in [3.63, 3.8) is 0 Å². The first-order valence-corrected chi connectivity index (χ1v) is 9.36. The molecule has 0 saturated carbocycles. The molecule has 2 aromatic carbocycles. The van der Waals surface area contributed by atoms with Crippen molar-refractivity contribution in [2.75, 3.05) is 0 Å². The fraction of sp³-hybridized carbons (Fsp3) is 0.0909. The molecular weight excluding hydrogens is 426 g/mol. The Labute approximate surface area is 179 Å². The van der Waals surface area contributed by atoms with Gasteiger partial charge in [0.15, 0.2) is 5.65 Å². The number of aryl methyl sites for hydroxylation is 1. The third kappa shape index (κ3) is 4.20. The molecule has 0 radical (unpaired) electrons. The zero-order valence-electron chi connectivity index (χ0n) is 16.6. The normalized spacial score (nSPS) is 11.9. The van der Waals surface area contributed by atoms with Gasteiger partial charge in [0, 0.05) is 0 Å². The number of para-hydroxylation sites is 1. The van der Waals surface area contributed by atoms with Crippen LogP contribution in [0.3, 0.4) is 0 Å². The van der Waals surface area contributed by atoms with E-state index in [1.165, 1.54) is 35.2 Å². The highest BCUT2D eigenvalue weighted by Gasteiger charge is 2.35. The minimum absolute atomic E-state index is 0.101. The van der Waals surface area contributed by atoms with Gasteiger partial charge in [0.05, 0.1) is 28.5 Å². The Hall–Kier alpha value is -4.08. The summed E-state index contributed by atoms with van der Waals surface area (Å²) in [6.45, 7) is 1.58. The van der Waals surface area contributed by atoms with Crippen molar-refractivity contribution >= 4 is 23.2 Å². The second kappa shape index (κ2) is 8.22. The summed E-state index contributed by atoms with van der Waals surface area (Å²) >= 11 is 0. The monoisotopic (exact) mass is 441 g/mol. The number of aromatic nitrogens is 3. The largest absolute Gasteiger partial charge is 0.433 e. The Morgan fingerprint density at radius 3 is 2.44 bits per heavy atom. The molecule has 0 atom stereocenters. The molecule has 2 aromatic heterocycles. The summed E-state index contributed by atoms with van der Waals surface area (Å²) in [6, 6.07) is 14.5. The Morgan fingerprint density at radius 1 is 1.09 bits per heavy atom. The van der Waals surface area contributed by atoms with Crippen molar-refractivity contribution in [3.05, 3.63) is 89.0 Å². The number of hydrogen-bond acceptors (Lipinski definition) is 4.